The van der Waals surface area contributed by atoms with E-state index in [0.29, 0.717) is 0 Å². The molecule has 2 nitrogen and oxygen atoms in total. The summed E-state index contributed by atoms with van der Waals surface area (Å²) in [5.41, 5.74) is 2.06. The zero-order chi connectivity index (χ0) is 10.5. The first-order valence-electron chi connectivity index (χ1n) is 5.59. The number of nitrogens with one attached hydrogen (secondary N) is 1. The molecule has 86 valence electrons. The van der Waals surface area contributed by atoms with Crippen LogP contribution in [0.1, 0.15) is 24.0 Å². The van der Waals surface area contributed by atoms with E-state index < -0.39 is 0 Å². The van der Waals surface area contributed by atoms with Crippen molar-refractivity contribution in [3.63, 3.8) is 0 Å². The quantitative estimate of drug-likeness (QED) is 0.857. The normalized spacial score (nSPS) is 16.2. The maximum Gasteiger partial charge on any atom is 0.0994 e. The van der Waals surface area contributed by atoms with Gasteiger partial charge in [-0.05, 0) is 49.9 Å². The maximum atomic E-state index is 8.99. The summed E-state index contributed by atoms with van der Waals surface area (Å²) in [4.78, 5) is 0. The zero-order valence-corrected chi connectivity index (χ0v) is 10.1. The van der Waals surface area contributed by atoms with Gasteiger partial charge in [0.2, 0.25) is 0 Å². The Morgan fingerprint density at radius 1 is 1.25 bits per heavy atom. The Kier molecular flexibility index (Phi) is 5.31. The highest BCUT2D eigenvalue weighted by Gasteiger charge is 2.14. The highest BCUT2D eigenvalue weighted by atomic mass is 35.5. The molecule has 1 heterocycles. The van der Waals surface area contributed by atoms with Crippen molar-refractivity contribution >= 4 is 12.4 Å². The molecule has 0 aliphatic carbocycles. The number of rotatable bonds is 2. The van der Waals surface area contributed by atoms with Crippen LogP contribution in [0.5, 0.6) is 0 Å². The minimum absolute atomic E-state index is 0. The molecule has 1 aliphatic rings. The van der Waals surface area contributed by atoms with Gasteiger partial charge in [0.15, 0.2) is 0 Å². The van der Waals surface area contributed by atoms with Gasteiger partial charge in [0.05, 0.1) is 11.6 Å². The summed E-state index contributed by atoms with van der Waals surface area (Å²) in [6.07, 6.45) is 3.53. The van der Waals surface area contributed by atoms with Crippen LogP contribution in [0.4, 0.5) is 0 Å². The Balaban J connectivity index is 0.00000128. The molecule has 0 spiro atoms. The minimum Gasteiger partial charge on any atom is -0.317 e. The third-order valence-electron chi connectivity index (χ3n) is 3.11. The number of nitriles is 1. The van der Waals surface area contributed by atoms with Crippen molar-refractivity contribution < 1.29 is 0 Å². The number of benzene rings is 1. The van der Waals surface area contributed by atoms with E-state index in [9.17, 15) is 0 Å². The van der Waals surface area contributed by atoms with Gasteiger partial charge in [-0.2, -0.15) is 5.26 Å². The molecule has 1 N–H and O–H groups in total. The third kappa shape index (κ3) is 3.23. The van der Waals surface area contributed by atoms with Crippen LogP contribution in [-0.4, -0.2) is 13.1 Å². The molecule has 1 aromatic rings. The Bertz CT molecular complexity index is 364. The first kappa shape index (κ1) is 13.0. The van der Waals surface area contributed by atoms with Crippen LogP contribution in [0, 0.1) is 17.2 Å². The fraction of sp³-hybridized carbons (Fsp3) is 0.462. The standard InChI is InChI=1S/C13H16N2.ClH/c14-10-13-4-2-1-3-12(13)9-11-5-7-15-8-6-11;/h1-4,11,15H,5-9H2;1H. The van der Waals surface area contributed by atoms with Crippen molar-refractivity contribution in [3.8, 4) is 6.07 Å². The van der Waals surface area contributed by atoms with Crippen LogP contribution in [0.15, 0.2) is 24.3 Å². The van der Waals surface area contributed by atoms with E-state index in [4.69, 9.17) is 5.26 Å². The lowest BCUT2D eigenvalue weighted by Crippen LogP contribution is -2.28. The van der Waals surface area contributed by atoms with Gasteiger partial charge in [-0.25, -0.2) is 0 Å². The summed E-state index contributed by atoms with van der Waals surface area (Å²) in [5, 5.41) is 12.3. The molecule has 0 radical (unpaired) electrons. The fourth-order valence-electron chi connectivity index (χ4n) is 2.20. The molecule has 2 rings (SSSR count). The molecule has 0 aromatic heterocycles. The van der Waals surface area contributed by atoms with E-state index in [0.717, 1.165) is 31.0 Å². The molecule has 1 aliphatic heterocycles. The van der Waals surface area contributed by atoms with Crippen LogP contribution in [0.2, 0.25) is 0 Å². The van der Waals surface area contributed by atoms with Crippen molar-refractivity contribution in [1.29, 1.82) is 5.26 Å². The lowest BCUT2D eigenvalue weighted by Gasteiger charge is -2.22. The third-order valence-corrected chi connectivity index (χ3v) is 3.11. The average Bonchev–Trinajstić information content (AvgIpc) is 2.31. The van der Waals surface area contributed by atoms with Gasteiger partial charge >= 0.3 is 0 Å². The van der Waals surface area contributed by atoms with Gasteiger partial charge in [0, 0.05) is 0 Å². The predicted octanol–water partition coefficient (Wildman–Crippen LogP) is 2.52. The second-order valence-corrected chi connectivity index (χ2v) is 4.17. The largest absolute Gasteiger partial charge is 0.317 e. The highest BCUT2D eigenvalue weighted by Crippen LogP contribution is 2.19. The number of hydrogen-bond acceptors (Lipinski definition) is 2. The van der Waals surface area contributed by atoms with Gasteiger partial charge in [0.25, 0.3) is 0 Å². The molecule has 0 unspecified atom stereocenters. The molecule has 3 heteroatoms. The van der Waals surface area contributed by atoms with Crippen molar-refractivity contribution in [2.24, 2.45) is 5.92 Å². The Morgan fingerprint density at radius 2 is 1.94 bits per heavy atom. The minimum atomic E-state index is 0. The number of piperidine rings is 1. The molecule has 1 fully saturated rings. The van der Waals surface area contributed by atoms with Crippen molar-refractivity contribution in [1.82, 2.24) is 5.32 Å². The lowest BCUT2D eigenvalue weighted by atomic mass is 9.89. The van der Waals surface area contributed by atoms with Crippen molar-refractivity contribution in [2.45, 2.75) is 19.3 Å². The Hall–Kier alpha value is -1.04. The van der Waals surface area contributed by atoms with Gasteiger partial charge in [-0.3, -0.25) is 0 Å². The molecule has 0 saturated carbocycles. The molecule has 16 heavy (non-hydrogen) atoms. The second-order valence-electron chi connectivity index (χ2n) is 4.17. The van der Waals surface area contributed by atoms with Gasteiger partial charge in [0.1, 0.15) is 0 Å². The molecular weight excluding hydrogens is 220 g/mol. The summed E-state index contributed by atoms with van der Waals surface area (Å²) in [6, 6.07) is 10.2. The first-order chi connectivity index (χ1) is 7.40. The van der Waals surface area contributed by atoms with Crippen LogP contribution in [0.25, 0.3) is 0 Å². The monoisotopic (exact) mass is 236 g/mol. The number of nitrogens with zero attached hydrogens (tertiary/aromatic N) is 1. The van der Waals surface area contributed by atoms with E-state index in [-0.39, 0.29) is 12.4 Å². The van der Waals surface area contributed by atoms with E-state index in [1.54, 1.807) is 0 Å². The molecule has 1 aromatic carbocycles. The molecule has 0 bridgehead atoms. The Labute approximate surface area is 103 Å². The van der Waals surface area contributed by atoms with Crippen LogP contribution < -0.4 is 5.32 Å². The van der Waals surface area contributed by atoms with E-state index in [2.05, 4.69) is 17.5 Å². The zero-order valence-electron chi connectivity index (χ0n) is 9.28. The predicted molar refractivity (Wildman–Crippen MR) is 67.7 cm³/mol. The smallest absolute Gasteiger partial charge is 0.0994 e. The molecule has 0 atom stereocenters. The number of hydrogen-bond donors (Lipinski definition) is 1. The lowest BCUT2D eigenvalue weighted by molar-refractivity contribution is 0.372. The summed E-state index contributed by atoms with van der Waals surface area (Å²) in [6.45, 7) is 2.25. The van der Waals surface area contributed by atoms with Crippen molar-refractivity contribution in [3.05, 3.63) is 35.4 Å². The fourth-order valence-corrected chi connectivity index (χ4v) is 2.20. The molecule has 1 saturated heterocycles. The summed E-state index contributed by atoms with van der Waals surface area (Å²) < 4.78 is 0. The van der Waals surface area contributed by atoms with Crippen LogP contribution >= 0.6 is 12.4 Å². The number of halogens is 1. The first-order valence-corrected chi connectivity index (χ1v) is 5.59. The van der Waals surface area contributed by atoms with Gasteiger partial charge in [-0.1, -0.05) is 18.2 Å². The SMILES string of the molecule is Cl.N#Cc1ccccc1CC1CCNCC1. The summed E-state index contributed by atoms with van der Waals surface area (Å²) in [5.74, 6) is 0.751. The van der Waals surface area contributed by atoms with E-state index in [1.165, 1.54) is 18.4 Å². The topological polar surface area (TPSA) is 35.8 Å². The van der Waals surface area contributed by atoms with E-state index in [1.807, 2.05) is 18.2 Å². The maximum absolute atomic E-state index is 8.99. The van der Waals surface area contributed by atoms with Crippen LogP contribution in [-0.2, 0) is 6.42 Å². The highest BCUT2D eigenvalue weighted by molar-refractivity contribution is 5.85. The van der Waals surface area contributed by atoms with Crippen LogP contribution in [0.3, 0.4) is 0 Å². The molecular formula is C13H17ClN2. The van der Waals surface area contributed by atoms with Crippen molar-refractivity contribution in [2.75, 3.05) is 13.1 Å². The summed E-state index contributed by atoms with van der Waals surface area (Å²) >= 11 is 0. The van der Waals surface area contributed by atoms with Gasteiger partial charge in [-0.15, -0.1) is 12.4 Å². The average molecular weight is 237 g/mol. The second kappa shape index (κ2) is 6.52. The summed E-state index contributed by atoms with van der Waals surface area (Å²) in [7, 11) is 0. The van der Waals surface area contributed by atoms with Gasteiger partial charge < -0.3 is 5.32 Å². The Morgan fingerprint density at radius 3 is 2.62 bits per heavy atom. The molecule has 0 amide bonds. The van der Waals surface area contributed by atoms with E-state index >= 15 is 0 Å².